The molecule has 0 unspecified atom stereocenters. The van der Waals surface area contributed by atoms with Crippen LogP contribution in [-0.4, -0.2) is 0 Å². The van der Waals surface area contributed by atoms with Gasteiger partial charge in [-0.15, -0.1) is 12.6 Å². The number of aryl methyl sites for hydroxylation is 1. The number of hydrogen-bond donors (Lipinski definition) is 3. The molecule has 24 heavy (non-hydrogen) atoms. The first kappa shape index (κ1) is 18.0. The van der Waals surface area contributed by atoms with Gasteiger partial charge in [0.15, 0.2) is 0 Å². The van der Waals surface area contributed by atoms with Crippen molar-refractivity contribution in [2.75, 3.05) is 10.6 Å². The van der Waals surface area contributed by atoms with E-state index in [0.29, 0.717) is 0 Å². The van der Waals surface area contributed by atoms with E-state index in [1.165, 1.54) is 11.1 Å². The van der Waals surface area contributed by atoms with Crippen molar-refractivity contribution in [2.24, 2.45) is 0 Å². The van der Waals surface area contributed by atoms with Gasteiger partial charge < -0.3 is 10.6 Å². The molecule has 0 aliphatic carbocycles. The lowest BCUT2D eigenvalue weighted by atomic mass is 10.1. The van der Waals surface area contributed by atoms with Crippen molar-refractivity contribution in [1.82, 2.24) is 0 Å². The highest BCUT2D eigenvalue weighted by Gasteiger charge is 2.00. The second-order valence-electron chi connectivity index (χ2n) is 5.99. The largest absolute Gasteiger partial charge is 0.360 e. The third kappa shape index (κ3) is 5.07. The number of hydrogen-bond acceptors (Lipinski definition) is 3. The molecule has 0 fully saturated rings. The van der Waals surface area contributed by atoms with Crippen LogP contribution in [0.5, 0.6) is 0 Å². The predicted octanol–water partition coefficient (Wildman–Crippen LogP) is 6.35. The summed E-state index contributed by atoms with van der Waals surface area (Å²) in [6.45, 7) is 13.7. The summed E-state index contributed by atoms with van der Waals surface area (Å²) in [6, 6.07) is 12.4. The van der Waals surface area contributed by atoms with Crippen molar-refractivity contribution in [3.05, 3.63) is 77.6 Å². The Hall–Kier alpha value is -2.39. The molecule has 0 aliphatic rings. The molecule has 0 bridgehead atoms. The molecule has 0 heterocycles. The first-order valence-electron chi connectivity index (χ1n) is 7.82. The van der Waals surface area contributed by atoms with Crippen LogP contribution in [0.4, 0.5) is 11.4 Å². The van der Waals surface area contributed by atoms with E-state index in [1.807, 2.05) is 26.0 Å². The highest BCUT2D eigenvalue weighted by atomic mass is 32.1. The molecule has 0 aliphatic heterocycles. The van der Waals surface area contributed by atoms with Crippen LogP contribution in [0.3, 0.4) is 0 Å². The standard InChI is InChI=1S/C21H24N2S/c1-14(2)22-19-10-8-17(16(5)12-19)6-7-18-9-11-20(13-21(18)24)23-15(3)4/h6-13,22-24H,1,3H2,2,4-5H3/b7-6+. The van der Waals surface area contributed by atoms with E-state index in [0.717, 1.165) is 33.2 Å². The van der Waals surface area contributed by atoms with E-state index in [-0.39, 0.29) is 0 Å². The van der Waals surface area contributed by atoms with Crippen LogP contribution in [0.1, 0.15) is 30.5 Å². The molecule has 2 aromatic carbocycles. The van der Waals surface area contributed by atoms with Crippen molar-refractivity contribution in [2.45, 2.75) is 25.7 Å². The molecule has 2 nitrogen and oxygen atoms in total. The molecule has 0 radical (unpaired) electrons. The van der Waals surface area contributed by atoms with Crippen LogP contribution in [0.15, 0.2) is 65.8 Å². The van der Waals surface area contributed by atoms with Gasteiger partial charge in [-0.1, -0.05) is 37.4 Å². The number of allylic oxidation sites excluding steroid dienone is 2. The van der Waals surface area contributed by atoms with Gasteiger partial charge >= 0.3 is 0 Å². The van der Waals surface area contributed by atoms with Gasteiger partial charge in [-0.25, -0.2) is 0 Å². The third-order valence-corrected chi connectivity index (χ3v) is 3.85. The van der Waals surface area contributed by atoms with Gasteiger partial charge in [0.2, 0.25) is 0 Å². The van der Waals surface area contributed by atoms with E-state index < -0.39 is 0 Å². The fourth-order valence-corrected chi connectivity index (χ4v) is 2.66. The summed E-state index contributed by atoms with van der Waals surface area (Å²) >= 11 is 4.58. The predicted molar refractivity (Wildman–Crippen MR) is 111 cm³/mol. The molecule has 0 atom stereocenters. The molecule has 0 amide bonds. The molecule has 3 heteroatoms. The summed E-state index contributed by atoms with van der Waals surface area (Å²) in [6.07, 6.45) is 4.20. The molecule has 0 aromatic heterocycles. The molecule has 0 spiro atoms. The lowest BCUT2D eigenvalue weighted by Gasteiger charge is -2.09. The summed E-state index contributed by atoms with van der Waals surface area (Å²) in [4.78, 5) is 0.927. The number of benzene rings is 2. The minimum Gasteiger partial charge on any atom is -0.360 e. The first-order chi connectivity index (χ1) is 11.3. The van der Waals surface area contributed by atoms with Crippen LogP contribution in [0, 0.1) is 6.92 Å². The molecule has 124 valence electrons. The van der Waals surface area contributed by atoms with E-state index in [4.69, 9.17) is 0 Å². The Morgan fingerprint density at radius 2 is 1.38 bits per heavy atom. The van der Waals surface area contributed by atoms with Crippen molar-refractivity contribution < 1.29 is 0 Å². The molecule has 2 N–H and O–H groups in total. The summed E-state index contributed by atoms with van der Waals surface area (Å²) in [5.41, 5.74) is 7.36. The van der Waals surface area contributed by atoms with Crippen LogP contribution in [-0.2, 0) is 0 Å². The highest BCUT2D eigenvalue weighted by Crippen LogP contribution is 2.24. The Labute approximate surface area is 150 Å². The van der Waals surface area contributed by atoms with Crippen LogP contribution < -0.4 is 10.6 Å². The minimum absolute atomic E-state index is 0.908. The Morgan fingerprint density at radius 1 is 0.875 bits per heavy atom. The number of rotatable bonds is 6. The lowest BCUT2D eigenvalue weighted by Crippen LogP contribution is -1.94. The third-order valence-electron chi connectivity index (χ3n) is 3.46. The molecular formula is C21H24N2S. The van der Waals surface area contributed by atoms with Gasteiger partial charge in [-0.2, -0.15) is 0 Å². The maximum Gasteiger partial charge on any atom is 0.0393 e. The zero-order chi connectivity index (χ0) is 17.7. The van der Waals surface area contributed by atoms with E-state index >= 15 is 0 Å². The molecular weight excluding hydrogens is 312 g/mol. The van der Waals surface area contributed by atoms with Crippen LogP contribution in [0.25, 0.3) is 12.2 Å². The van der Waals surface area contributed by atoms with Crippen molar-refractivity contribution >= 4 is 36.2 Å². The Kier molecular flexibility index (Phi) is 5.93. The van der Waals surface area contributed by atoms with E-state index in [1.54, 1.807) is 0 Å². The molecule has 0 saturated carbocycles. The second-order valence-corrected chi connectivity index (χ2v) is 6.47. The topological polar surface area (TPSA) is 24.1 Å². The Morgan fingerprint density at radius 3 is 1.88 bits per heavy atom. The van der Waals surface area contributed by atoms with Crippen molar-refractivity contribution in [3.63, 3.8) is 0 Å². The fourth-order valence-electron chi connectivity index (χ4n) is 2.38. The lowest BCUT2D eigenvalue weighted by molar-refractivity contribution is 1.35. The van der Waals surface area contributed by atoms with Crippen LogP contribution >= 0.6 is 12.6 Å². The van der Waals surface area contributed by atoms with Gasteiger partial charge in [0.05, 0.1) is 0 Å². The normalized spacial score (nSPS) is 10.7. The summed E-state index contributed by atoms with van der Waals surface area (Å²) in [7, 11) is 0. The minimum atomic E-state index is 0.908. The van der Waals surface area contributed by atoms with Gasteiger partial charge in [-0.05, 0) is 61.7 Å². The van der Waals surface area contributed by atoms with Gasteiger partial charge in [0.1, 0.15) is 0 Å². The maximum atomic E-state index is 4.58. The van der Waals surface area contributed by atoms with Crippen molar-refractivity contribution in [3.8, 4) is 0 Å². The fraction of sp³-hybridized carbons (Fsp3) is 0.143. The second kappa shape index (κ2) is 7.93. The summed E-state index contributed by atoms with van der Waals surface area (Å²) in [5.74, 6) is 0. The van der Waals surface area contributed by atoms with E-state index in [9.17, 15) is 0 Å². The average Bonchev–Trinajstić information content (AvgIpc) is 2.46. The molecule has 2 rings (SSSR count). The van der Waals surface area contributed by atoms with Gasteiger partial charge in [0, 0.05) is 27.7 Å². The highest BCUT2D eigenvalue weighted by molar-refractivity contribution is 7.80. The summed E-state index contributed by atoms with van der Waals surface area (Å²) < 4.78 is 0. The quantitative estimate of drug-likeness (QED) is 0.423. The smallest absolute Gasteiger partial charge is 0.0393 e. The average molecular weight is 337 g/mol. The number of thiol groups is 1. The maximum absolute atomic E-state index is 4.58. The Bertz CT molecular complexity index is 736. The van der Waals surface area contributed by atoms with Gasteiger partial charge in [-0.3, -0.25) is 0 Å². The monoisotopic (exact) mass is 336 g/mol. The molecule has 0 saturated heterocycles. The van der Waals surface area contributed by atoms with Crippen LogP contribution in [0.2, 0.25) is 0 Å². The van der Waals surface area contributed by atoms with Gasteiger partial charge in [0.25, 0.3) is 0 Å². The molecule has 2 aromatic rings. The number of anilines is 2. The zero-order valence-corrected chi connectivity index (χ0v) is 15.4. The SMILES string of the molecule is C=C(C)Nc1ccc(/C=C/c2ccc(NC(=C)C)cc2S)c(C)c1. The first-order valence-corrected chi connectivity index (χ1v) is 8.26. The van der Waals surface area contributed by atoms with E-state index in [2.05, 4.69) is 79.8 Å². The number of nitrogens with one attached hydrogen (secondary N) is 2. The zero-order valence-electron chi connectivity index (χ0n) is 14.5. The Balaban J connectivity index is 2.18. The summed E-state index contributed by atoms with van der Waals surface area (Å²) in [5, 5.41) is 6.43. The van der Waals surface area contributed by atoms with Crippen molar-refractivity contribution in [1.29, 1.82) is 0 Å².